The van der Waals surface area contributed by atoms with Gasteiger partial charge in [-0.2, -0.15) is 0 Å². The average Bonchev–Trinajstić information content (AvgIpc) is 3.35. The van der Waals surface area contributed by atoms with Crippen LogP contribution in [0.3, 0.4) is 0 Å². The van der Waals surface area contributed by atoms with Crippen molar-refractivity contribution in [3.05, 3.63) is 91.1 Å². The highest BCUT2D eigenvalue weighted by atomic mass is 16.3. The number of aromatic hydroxyl groups is 1. The minimum atomic E-state index is 0.357. The zero-order valence-electron chi connectivity index (χ0n) is 21.5. The van der Waals surface area contributed by atoms with Crippen LogP contribution in [0.5, 0.6) is 5.75 Å². The van der Waals surface area contributed by atoms with Gasteiger partial charge in [0.1, 0.15) is 5.75 Å². The van der Waals surface area contributed by atoms with Gasteiger partial charge in [-0.1, -0.05) is 121 Å². The largest absolute Gasteiger partial charge is 0.507 e. The van der Waals surface area contributed by atoms with E-state index >= 15 is 0 Å². The predicted molar refractivity (Wildman–Crippen MR) is 153 cm³/mol. The molecule has 1 heterocycles. The van der Waals surface area contributed by atoms with E-state index in [0.717, 1.165) is 5.39 Å². The number of H-pyrrole nitrogens is 1. The second kappa shape index (κ2) is 13.9. The maximum Gasteiger partial charge on any atom is 0.123 e. The number of benzene rings is 5. The molecule has 0 aliphatic heterocycles. The van der Waals surface area contributed by atoms with Crippen LogP contribution in [0, 0.1) is 0 Å². The number of hydrogen-bond acceptors (Lipinski definition) is 1. The van der Waals surface area contributed by atoms with Crippen molar-refractivity contribution in [2.24, 2.45) is 0 Å². The summed E-state index contributed by atoms with van der Waals surface area (Å²) in [7, 11) is 0. The van der Waals surface area contributed by atoms with E-state index in [9.17, 15) is 5.11 Å². The molecule has 0 spiro atoms. The number of nitrogens with one attached hydrogen (secondary N) is 1. The fourth-order valence-corrected chi connectivity index (χ4v) is 3.71. The van der Waals surface area contributed by atoms with Gasteiger partial charge in [0.15, 0.2) is 0 Å². The van der Waals surface area contributed by atoms with E-state index in [1.807, 2.05) is 44.3 Å². The lowest BCUT2D eigenvalue weighted by molar-refractivity contribution is 0.482. The lowest BCUT2D eigenvalue weighted by Gasteiger charge is -2.11. The van der Waals surface area contributed by atoms with Gasteiger partial charge in [0.25, 0.3) is 0 Å². The first-order valence-corrected chi connectivity index (χ1v) is 12.5. The molecule has 34 heavy (non-hydrogen) atoms. The molecule has 0 saturated carbocycles. The minimum absolute atomic E-state index is 0.357. The summed E-state index contributed by atoms with van der Waals surface area (Å²) in [6, 6.07) is 28.7. The second-order valence-corrected chi connectivity index (χ2v) is 7.92. The van der Waals surface area contributed by atoms with Crippen LogP contribution < -0.4 is 0 Å². The number of aromatic amines is 1. The molecule has 1 aromatic heterocycles. The van der Waals surface area contributed by atoms with E-state index in [0.29, 0.717) is 5.75 Å². The standard InChI is InChI=1S/C16H10O.C8H7N.2C3H8.C2H6/c17-14-9-7-12-5-4-10-2-1-3-11-6-8-13(14)16(12)15(10)11;1-2-4-8-7(3-1)5-6-9-8;2*1-3-2;1-2/h1-9,17H;1-6,9H;2*3H2,1-2H3;1-2H3. The van der Waals surface area contributed by atoms with Crippen molar-refractivity contribution in [1.82, 2.24) is 4.98 Å². The van der Waals surface area contributed by atoms with Gasteiger partial charge in [-0.05, 0) is 45.1 Å². The molecule has 5 aromatic carbocycles. The second-order valence-electron chi connectivity index (χ2n) is 7.92. The normalized spacial score (nSPS) is 9.82. The number of phenols is 1. The highest BCUT2D eigenvalue weighted by molar-refractivity contribution is 6.23. The van der Waals surface area contributed by atoms with E-state index in [1.165, 1.54) is 50.7 Å². The Morgan fingerprint density at radius 3 is 1.68 bits per heavy atom. The average molecular weight is 454 g/mol. The Kier molecular flexibility index (Phi) is 10.9. The van der Waals surface area contributed by atoms with Crippen molar-refractivity contribution in [3.8, 4) is 5.75 Å². The Balaban J connectivity index is 0.000000203. The van der Waals surface area contributed by atoms with E-state index in [-0.39, 0.29) is 0 Å². The van der Waals surface area contributed by atoms with E-state index in [2.05, 4.69) is 87.3 Å². The Morgan fingerprint density at radius 2 is 1.06 bits per heavy atom. The predicted octanol–water partition coefficient (Wildman–Crippen LogP) is 10.3. The first-order chi connectivity index (χ1) is 16.6. The Bertz CT molecular complexity index is 1330. The third-order valence-corrected chi connectivity index (χ3v) is 4.97. The van der Waals surface area contributed by atoms with Crippen molar-refractivity contribution < 1.29 is 5.11 Å². The summed E-state index contributed by atoms with van der Waals surface area (Å²) in [5, 5.41) is 18.2. The summed E-state index contributed by atoms with van der Waals surface area (Å²) >= 11 is 0. The summed E-state index contributed by atoms with van der Waals surface area (Å²) < 4.78 is 0. The number of phenolic OH excluding ortho intramolecular Hbond substituents is 1. The molecule has 178 valence electrons. The van der Waals surface area contributed by atoms with Crippen molar-refractivity contribution in [2.75, 3.05) is 0 Å². The van der Waals surface area contributed by atoms with Crippen LogP contribution in [-0.4, -0.2) is 10.1 Å². The quantitative estimate of drug-likeness (QED) is 0.220. The summed E-state index contributed by atoms with van der Waals surface area (Å²) in [5.41, 5.74) is 1.21. The van der Waals surface area contributed by atoms with Gasteiger partial charge in [-0.25, -0.2) is 0 Å². The lowest BCUT2D eigenvalue weighted by atomic mass is 9.94. The van der Waals surface area contributed by atoms with E-state index in [1.54, 1.807) is 6.07 Å². The molecule has 0 saturated heterocycles. The van der Waals surface area contributed by atoms with Gasteiger partial charge in [0, 0.05) is 22.5 Å². The zero-order chi connectivity index (χ0) is 24.9. The van der Waals surface area contributed by atoms with Crippen LogP contribution >= 0.6 is 0 Å². The molecular formula is C32H39NO. The maximum atomic E-state index is 9.95. The molecule has 0 radical (unpaired) electrons. The number of rotatable bonds is 0. The fraction of sp³-hybridized carbons (Fsp3) is 0.250. The van der Waals surface area contributed by atoms with Crippen LogP contribution in [-0.2, 0) is 0 Å². The molecule has 6 aromatic rings. The lowest BCUT2D eigenvalue weighted by Crippen LogP contribution is -1.83. The SMILES string of the molecule is CC.CCC.CCC.Oc1ccc2ccc3cccc4ccc1c2c34.c1ccc2[nH]ccc2c1. The molecule has 2 heteroatoms. The Labute approximate surface area is 204 Å². The number of para-hydroxylation sites is 1. The summed E-state index contributed by atoms with van der Waals surface area (Å²) in [6.07, 6.45) is 4.45. The first kappa shape index (κ1) is 26.7. The molecule has 0 aliphatic carbocycles. The highest BCUT2D eigenvalue weighted by Crippen LogP contribution is 2.37. The summed E-state index contributed by atoms with van der Waals surface area (Å²) in [5.74, 6) is 0.357. The fourth-order valence-electron chi connectivity index (χ4n) is 3.71. The van der Waals surface area contributed by atoms with Crippen LogP contribution in [0.25, 0.3) is 43.2 Å². The van der Waals surface area contributed by atoms with Gasteiger partial charge in [0.05, 0.1) is 0 Å². The van der Waals surface area contributed by atoms with Crippen molar-refractivity contribution in [2.45, 2.75) is 54.4 Å². The van der Waals surface area contributed by atoms with Crippen LogP contribution in [0.4, 0.5) is 0 Å². The molecule has 0 atom stereocenters. The van der Waals surface area contributed by atoms with Gasteiger partial charge in [-0.15, -0.1) is 0 Å². The molecule has 0 bridgehead atoms. The van der Waals surface area contributed by atoms with E-state index < -0.39 is 0 Å². The number of fused-ring (bicyclic) bond motifs is 1. The van der Waals surface area contributed by atoms with Crippen LogP contribution in [0.15, 0.2) is 91.1 Å². The third-order valence-electron chi connectivity index (χ3n) is 4.97. The maximum absolute atomic E-state index is 9.95. The smallest absolute Gasteiger partial charge is 0.123 e. The van der Waals surface area contributed by atoms with E-state index in [4.69, 9.17) is 0 Å². The topological polar surface area (TPSA) is 36.0 Å². The van der Waals surface area contributed by atoms with Crippen LogP contribution in [0.1, 0.15) is 54.4 Å². The molecule has 6 rings (SSSR count). The Hall–Kier alpha value is -3.52. The molecule has 0 amide bonds. The zero-order valence-corrected chi connectivity index (χ0v) is 21.5. The molecule has 0 aliphatic rings. The van der Waals surface area contributed by atoms with Gasteiger partial charge in [-0.3, -0.25) is 0 Å². The van der Waals surface area contributed by atoms with Gasteiger partial charge in [0.2, 0.25) is 0 Å². The highest BCUT2D eigenvalue weighted by Gasteiger charge is 2.09. The number of hydrogen-bond donors (Lipinski definition) is 2. The molecule has 0 unspecified atom stereocenters. The monoisotopic (exact) mass is 453 g/mol. The van der Waals surface area contributed by atoms with Crippen molar-refractivity contribution in [3.63, 3.8) is 0 Å². The van der Waals surface area contributed by atoms with Crippen molar-refractivity contribution in [1.29, 1.82) is 0 Å². The molecule has 0 fully saturated rings. The third kappa shape index (κ3) is 6.29. The van der Waals surface area contributed by atoms with Crippen LogP contribution in [0.2, 0.25) is 0 Å². The first-order valence-electron chi connectivity index (χ1n) is 12.5. The minimum Gasteiger partial charge on any atom is -0.507 e. The van der Waals surface area contributed by atoms with Gasteiger partial charge < -0.3 is 10.1 Å². The van der Waals surface area contributed by atoms with Gasteiger partial charge >= 0.3 is 0 Å². The summed E-state index contributed by atoms with van der Waals surface area (Å²) in [4.78, 5) is 3.12. The molecule has 2 nitrogen and oxygen atoms in total. The molecular weight excluding hydrogens is 414 g/mol. The summed E-state index contributed by atoms with van der Waals surface area (Å²) in [6.45, 7) is 12.5. The Morgan fingerprint density at radius 1 is 0.559 bits per heavy atom. The van der Waals surface area contributed by atoms with Crippen molar-refractivity contribution >= 4 is 43.2 Å². The molecule has 2 N–H and O–H groups in total. The number of aromatic nitrogens is 1.